The van der Waals surface area contributed by atoms with Crippen LogP contribution in [0.5, 0.6) is 5.75 Å². The Labute approximate surface area is 131 Å². The fourth-order valence-electron chi connectivity index (χ4n) is 2.49. The SMILES string of the molecule is Oc1ccccc1-c1cc(-c2n[nH]nc2-c2ccccc2)[nH]n1. The number of para-hydroxylation sites is 1. The molecule has 0 aliphatic heterocycles. The molecular weight excluding hydrogens is 290 g/mol. The van der Waals surface area contributed by atoms with Gasteiger partial charge in [-0.2, -0.15) is 20.5 Å². The van der Waals surface area contributed by atoms with Crippen LogP contribution in [0.2, 0.25) is 0 Å². The summed E-state index contributed by atoms with van der Waals surface area (Å²) in [7, 11) is 0. The van der Waals surface area contributed by atoms with Crippen LogP contribution in [-0.4, -0.2) is 30.7 Å². The van der Waals surface area contributed by atoms with E-state index in [2.05, 4.69) is 25.6 Å². The molecule has 6 heteroatoms. The Kier molecular flexibility index (Phi) is 3.12. The maximum Gasteiger partial charge on any atom is 0.138 e. The van der Waals surface area contributed by atoms with Gasteiger partial charge in [0, 0.05) is 11.1 Å². The normalized spacial score (nSPS) is 10.8. The standard InChI is InChI=1S/C17H13N5O/c23-15-9-5-4-8-12(15)13-10-14(19-18-13)17-16(20-22-21-17)11-6-2-1-3-7-11/h1-10,23H,(H,18,19)(H,20,21,22). The van der Waals surface area contributed by atoms with E-state index >= 15 is 0 Å². The maximum atomic E-state index is 9.95. The molecule has 0 aliphatic carbocycles. The number of nitrogens with zero attached hydrogens (tertiary/aromatic N) is 3. The molecule has 6 nitrogen and oxygen atoms in total. The van der Waals surface area contributed by atoms with Crippen LogP contribution < -0.4 is 0 Å². The minimum absolute atomic E-state index is 0.189. The van der Waals surface area contributed by atoms with E-state index in [0.29, 0.717) is 17.0 Å². The number of hydrogen-bond acceptors (Lipinski definition) is 4. The van der Waals surface area contributed by atoms with Crippen LogP contribution in [0.25, 0.3) is 33.9 Å². The monoisotopic (exact) mass is 303 g/mol. The fourth-order valence-corrected chi connectivity index (χ4v) is 2.49. The van der Waals surface area contributed by atoms with Crippen LogP contribution in [-0.2, 0) is 0 Å². The molecule has 2 aromatic carbocycles. The van der Waals surface area contributed by atoms with Crippen molar-refractivity contribution >= 4 is 0 Å². The van der Waals surface area contributed by atoms with Crippen molar-refractivity contribution in [2.75, 3.05) is 0 Å². The first kappa shape index (κ1) is 13.3. The van der Waals surface area contributed by atoms with Crippen molar-refractivity contribution in [1.82, 2.24) is 25.6 Å². The zero-order valence-corrected chi connectivity index (χ0v) is 12.1. The highest BCUT2D eigenvalue weighted by Crippen LogP contribution is 2.32. The predicted octanol–water partition coefficient (Wildman–Crippen LogP) is 3.23. The van der Waals surface area contributed by atoms with Crippen molar-refractivity contribution in [1.29, 1.82) is 0 Å². The number of phenolic OH excluding ortho intramolecular Hbond substituents is 1. The maximum absolute atomic E-state index is 9.95. The van der Waals surface area contributed by atoms with Gasteiger partial charge in [0.25, 0.3) is 0 Å². The minimum atomic E-state index is 0.189. The van der Waals surface area contributed by atoms with Gasteiger partial charge in [-0.1, -0.05) is 42.5 Å². The van der Waals surface area contributed by atoms with E-state index < -0.39 is 0 Å². The number of aromatic nitrogens is 5. The number of rotatable bonds is 3. The fraction of sp³-hybridized carbons (Fsp3) is 0. The summed E-state index contributed by atoms with van der Waals surface area (Å²) in [5.41, 5.74) is 4.45. The first-order valence-corrected chi connectivity index (χ1v) is 7.13. The Morgan fingerprint density at radius 3 is 2.35 bits per heavy atom. The number of phenols is 1. The number of aromatic amines is 2. The Bertz CT molecular complexity index is 942. The summed E-state index contributed by atoms with van der Waals surface area (Å²) in [4.78, 5) is 0. The number of benzene rings is 2. The average Bonchev–Trinajstić information content (AvgIpc) is 3.25. The molecule has 4 aromatic rings. The van der Waals surface area contributed by atoms with Gasteiger partial charge in [-0.15, -0.1) is 0 Å². The van der Waals surface area contributed by atoms with Gasteiger partial charge in [0.1, 0.15) is 17.1 Å². The average molecular weight is 303 g/mol. The lowest BCUT2D eigenvalue weighted by Gasteiger charge is -1.99. The smallest absolute Gasteiger partial charge is 0.138 e. The molecule has 2 heterocycles. The highest BCUT2D eigenvalue weighted by molar-refractivity contribution is 5.78. The molecular formula is C17H13N5O. The van der Waals surface area contributed by atoms with Crippen molar-refractivity contribution in [3.63, 3.8) is 0 Å². The van der Waals surface area contributed by atoms with Crippen LogP contribution in [0.3, 0.4) is 0 Å². The van der Waals surface area contributed by atoms with Gasteiger partial charge in [0.05, 0.1) is 11.4 Å². The Balaban J connectivity index is 1.77. The van der Waals surface area contributed by atoms with E-state index in [9.17, 15) is 5.11 Å². The molecule has 0 atom stereocenters. The van der Waals surface area contributed by atoms with Crippen LogP contribution in [0.15, 0.2) is 60.7 Å². The van der Waals surface area contributed by atoms with Gasteiger partial charge >= 0.3 is 0 Å². The number of aromatic hydroxyl groups is 1. The highest BCUT2D eigenvalue weighted by atomic mass is 16.3. The number of nitrogens with one attached hydrogen (secondary N) is 2. The van der Waals surface area contributed by atoms with Gasteiger partial charge < -0.3 is 5.11 Å². The zero-order chi connectivity index (χ0) is 15.6. The first-order valence-electron chi connectivity index (χ1n) is 7.13. The van der Waals surface area contributed by atoms with Crippen molar-refractivity contribution < 1.29 is 5.11 Å². The Morgan fingerprint density at radius 2 is 1.52 bits per heavy atom. The molecule has 0 spiro atoms. The van der Waals surface area contributed by atoms with E-state index in [0.717, 1.165) is 17.0 Å². The molecule has 0 fully saturated rings. The molecule has 4 rings (SSSR count). The second-order valence-corrected chi connectivity index (χ2v) is 5.07. The molecule has 112 valence electrons. The molecule has 23 heavy (non-hydrogen) atoms. The Hall–Kier alpha value is -3.41. The van der Waals surface area contributed by atoms with Gasteiger partial charge in [0.2, 0.25) is 0 Å². The van der Waals surface area contributed by atoms with E-state index in [1.165, 1.54) is 0 Å². The molecule has 0 radical (unpaired) electrons. The molecule has 3 N–H and O–H groups in total. The van der Waals surface area contributed by atoms with Crippen molar-refractivity contribution in [3.05, 3.63) is 60.7 Å². The molecule has 0 unspecified atom stereocenters. The van der Waals surface area contributed by atoms with E-state index in [4.69, 9.17) is 0 Å². The molecule has 0 amide bonds. The van der Waals surface area contributed by atoms with Crippen LogP contribution >= 0.6 is 0 Å². The summed E-state index contributed by atoms with van der Waals surface area (Å²) in [6.07, 6.45) is 0. The third-order valence-electron chi connectivity index (χ3n) is 3.61. The summed E-state index contributed by atoms with van der Waals surface area (Å²) in [5, 5.41) is 28.3. The molecule has 2 aromatic heterocycles. The predicted molar refractivity (Wildman–Crippen MR) is 86.5 cm³/mol. The summed E-state index contributed by atoms with van der Waals surface area (Å²) < 4.78 is 0. The highest BCUT2D eigenvalue weighted by Gasteiger charge is 2.16. The lowest BCUT2D eigenvalue weighted by molar-refractivity contribution is 0.477. The third-order valence-corrected chi connectivity index (χ3v) is 3.61. The van der Waals surface area contributed by atoms with Gasteiger partial charge in [0.15, 0.2) is 0 Å². The second kappa shape index (κ2) is 5.42. The van der Waals surface area contributed by atoms with E-state index in [1.807, 2.05) is 48.5 Å². The van der Waals surface area contributed by atoms with E-state index in [-0.39, 0.29) is 5.75 Å². The quantitative estimate of drug-likeness (QED) is 0.542. The van der Waals surface area contributed by atoms with Gasteiger partial charge in [-0.3, -0.25) is 5.10 Å². The minimum Gasteiger partial charge on any atom is -0.507 e. The molecule has 0 bridgehead atoms. The lowest BCUT2D eigenvalue weighted by atomic mass is 10.1. The largest absolute Gasteiger partial charge is 0.507 e. The van der Waals surface area contributed by atoms with Crippen LogP contribution in [0.1, 0.15) is 0 Å². The third kappa shape index (κ3) is 2.36. The summed E-state index contributed by atoms with van der Waals surface area (Å²) in [5.74, 6) is 0.189. The molecule has 0 aliphatic rings. The first-order chi connectivity index (χ1) is 11.3. The molecule has 0 saturated carbocycles. The van der Waals surface area contributed by atoms with Crippen LogP contribution in [0.4, 0.5) is 0 Å². The summed E-state index contributed by atoms with van der Waals surface area (Å²) in [6.45, 7) is 0. The lowest BCUT2D eigenvalue weighted by Crippen LogP contribution is -1.83. The van der Waals surface area contributed by atoms with Crippen molar-refractivity contribution in [2.45, 2.75) is 0 Å². The Morgan fingerprint density at radius 1 is 0.783 bits per heavy atom. The van der Waals surface area contributed by atoms with Gasteiger partial charge in [-0.25, -0.2) is 0 Å². The van der Waals surface area contributed by atoms with E-state index in [1.54, 1.807) is 12.1 Å². The number of H-pyrrole nitrogens is 2. The topological polar surface area (TPSA) is 90.5 Å². The van der Waals surface area contributed by atoms with Crippen molar-refractivity contribution in [3.8, 4) is 39.7 Å². The van der Waals surface area contributed by atoms with Crippen molar-refractivity contribution in [2.24, 2.45) is 0 Å². The molecule has 0 saturated heterocycles. The van der Waals surface area contributed by atoms with Gasteiger partial charge in [-0.05, 0) is 18.2 Å². The summed E-state index contributed by atoms with van der Waals surface area (Å²) in [6, 6.07) is 18.7. The summed E-state index contributed by atoms with van der Waals surface area (Å²) >= 11 is 0. The van der Waals surface area contributed by atoms with Crippen LogP contribution in [0, 0.1) is 0 Å². The number of hydrogen-bond donors (Lipinski definition) is 3. The second-order valence-electron chi connectivity index (χ2n) is 5.07. The zero-order valence-electron chi connectivity index (χ0n) is 12.1.